The molecule has 0 saturated carbocycles. The smallest absolute Gasteiger partial charge is 0.871 e. The van der Waals surface area contributed by atoms with Crippen LogP contribution >= 0.6 is 0 Å². The maximum absolute atomic E-state index is 12.2. The Labute approximate surface area is 232 Å². The van der Waals surface area contributed by atoms with Gasteiger partial charge in [-0.3, -0.25) is 0 Å². The number of carboxylic acids is 1. The molecule has 0 aromatic heterocycles. The van der Waals surface area contributed by atoms with Gasteiger partial charge in [-0.25, -0.2) is 13.2 Å². The minimum absolute atomic E-state index is 0. The quantitative estimate of drug-likeness (QED) is 0.227. The van der Waals surface area contributed by atoms with Gasteiger partial charge in [0.15, 0.2) is 0 Å². The third kappa shape index (κ3) is 7.69. The van der Waals surface area contributed by atoms with E-state index in [1.54, 1.807) is 0 Å². The fourth-order valence-electron chi connectivity index (χ4n) is 2.40. The number of azo groups is 2. The van der Waals surface area contributed by atoms with E-state index in [0.29, 0.717) is 0 Å². The number of aromatic carboxylic acids is 1. The summed E-state index contributed by atoms with van der Waals surface area (Å²) in [6.07, 6.45) is 0. The number of hydrogen-bond acceptors (Lipinski definition) is 10. The Balaban J connectivity index is 0.00000272. The number of carbonyl (C=O) groups is 1. The van der Waals surface area contributed by atoms with Crippen LogP contribution in [-0.4, -0.2) is 29.2 Å². The average molecular weight is 486 g/mol. The maximum Gasteiger partial charge on any atom is 1.00 e. The van der Waals surface area contributed by atoms with Gasteiger partial charge in [-0.05, 0) is 36.4 Å². The van der Waals surface area contributed by atoms with Crippen molar-refractivity contribution in [1.82, 2.24) is 0 Å². The Morgan fingerprint density at radius 1 is 0.848 bits per heavy atom. The van der Waals surface area contributed by atoms with Crippen molar-refractivity contribution in [3.05, 3.63) is 66.2 Å². The molecule has 0 amide bonds. The largest absolute Gasteiger partial charge is 1.00 e. The SMILES string of the molecule is O=C(O)c1ccccc1N=Nc1c([O-])cc(N=Nc2cccc(S(=O)(=O)[O-])c2)cc1O.[Na+].[Na+]. The molecule has 33 heavy (non-hydrogen) atoms. The van der Waals surface area contributed by atoms with E-state index in [1.807, 2.05) is 0 Å². The van der Waals surface area contributed by atoms with Gasteiger partial charge in [-0.15, -0.1) is 10.2 Å². The van der Waals surface area contributed by atoms with Crippen molar-refractivity contribution in [1.29, 1.82) is 0 Å². The van der Waals surface area contributed by atoms with Crippen molar-refractivity contribution >= 4 is 38.8 Å². The summed E-state index contributed by atoms with van der Waals surface area (Å²) in [5, 5.41) is 46.3. The molecule has 0 radical (unpaired) electrons. The van der Waals surface area contributed by atoms with Gasteiger partial charge < -0.3 is 19.9 Å². The normalized spacial score (nSPS) is 11.2. The number of aromatic hydroxyl groups is 1. The molecule has 3 rings (SSSR count). The van der Waals surface area contributed by atoms with Crippen LogP contribution < -0.4 is 64.2 Å². The van der Waals surface area contributed by atoms with Crippen LogP contribution in [0.15, 0.2) is 86.0 Å². The summed E-state index contributed by atoms with van der Waals surface area (Å²) in [7, 11) is -4.67. The van der Waals surface area contributed by atoms with Crippen LogP contribution in [0.2, 0.25) is 0 Å². The molecule has 0 fully saturated rings. The zero-order chi connectivity index (χ0) is 22.6. The van der Waals surface area contributed by atoms with E-state index >= 15 is 0 Å². The van der Waals surface area contributed by atoms with Crippen LogP contribution in [0.3, 0.4) is 0 Å². The van der Waals surface area contributed by atoms with Gasteiger partial charge in [0.25, 0.3) is 0 Å². The standard InChI is InChI=1S/C19H14N4O7S.2Na/c24-16-9-12(21-20-11-4-3-5-13(8-11)31(28,29)30)10-17(25)18(16)23-22-15-7-2-1-6-14(15)19(26)27;;/h1-10,24-25H,(H,26,27)(H,28,29,30);;/q;2*+1/p-2. The summed E-state index contributed by atoms with van der Waals surface area (Å²) in [5.41, 5.74) is -0.601. The average Bonchev–Trinajstić information content (AvgIpc) is 2.71. The second-order valence-corrected chi connectivity index (χ2v) is 7.37. The first-order chi connectivity index (χ1) is 14.6. The number of rotatable bonds is 6. The topological polar surface area (TPSA) is 187 Å². The van der Waals surface area contributed by atoms with E-state index in [4.69, 9.17) is 5.11 Å². The minimum Gasteiger partial charge on any atom is -0.871 e. The zero-order valence-corrected chi connectivity index (χ0v) is 22.2. The number of hydrogen-bond donors (Lipinski definition) is 2. The van der Waals surface area contributed by atoms with Crippen molar-refractivity contribution in [2.75, 3.05) is 0 Å². The maximum atomic E-state index is 12.2. The van der Waals surface area contributed by atoms with Crippen molar-refractivity contribution in [3.8, 4) is 11.5 Å². The predicted molar refractivity (Wildman–Crippen MR) is 104 cm³/mol. The van der Waals surface area contributed by atoms with Gasteiger partial charge in [-0.2, -0.15) is 10.2 Å². The molecular formula is C19H12N4Na2O7S. The van der Waals surface area contributed by atoms with Crippen LogP contribution in [-0.2, 0) is 10.1 Å². The van der Waals surface area contributed by atoms with Gasteiger partial charge in [0.2, 0.25) is 0 Å². The molecule has 14 heteroatoms. The molecule has 0 atom stereocenters. The summed E-state index contributed by atoms with van der Waals surface area (Å²) < 4.78 is 33.2. The molecule has 2 N–H and O–H groups in total. The first kappa shape index (κ1) is 28.9. The third-order valence-electron chi connectivity index (χ3n) is 3.82. The van der Waals surface area contributed by atoms with E-state index in [9.17, 15) is 28.0 Å². The van der Waals surface area contributed by atoms with Crippen molar-refractivity contribution in [2.24, 2.45) is 20.5 Å². The van der Waals surface area contributed by atoms with Gasteiger partial charge in [0.1, 0.15) is 27.2 Å². The van der Waals surface area contributed by atoms with E-state index in [0.717, 1.165) is 24.3 Å². The van der Waals surface area contributed by atoms with Crippen LogP contribution in [0.4, 0.5) is 22.7 Å². The Kier molecular flexibility index (Phi) is 10.8. The van der Waals surface area contributed by atoms with Gasteiger partial charge in [-0.1, -0.05) is 23.9 Å². The second-order valence-electron chi connectivity index (χ2n) is 5.99. The summed E-state index contributed by atoms with van der Waals surface area (Å²) in [6, 6.07) is 12.6. The van der Waals surface area contributed by atoms with E-state index in [1.165, 1.54) is 36.4 Å². The van der Waals surface area contributed by atoms with E-state index < -0.39 is 38.2 Å². The molecule has 0 unspecified atom stereocenters. The molecule has 158 valence electrons. The van der Waals surface area contributed by atoms with Crippen LogP contribution in [0.25, 0.3) is 0 Å². The number of benzene rings is 3. The molecule has 0 aliphatic rings. The van der Waals surface area contributed by atoms with Crippen molar-refractivity contribution < 1.29 is 92.2 Å². The molecular weight excluding hydrogens is 474 g/mol. The first-order valence-corrected chi connectivity index (χ1v) is 9.82. The fourth-order valence-corrected chi connectivity index (χ4v) is 2.91. The molecule has 0 aliphatic heterocycles. The Hall–Kier alpha value is -2.16. The summed E-state index contributed by atoms with van der Waals surface area (Å²) in [5.74, 6) is -2.57. The molecule has 3 aromatic rings. The molecule has 0 spiro atoms. The van der Waals surface area contributed by atoms with Gasteiger partial charge >= 0.3 is 65.1 Å². The first-order valence-electron chi connectivity index (χ1n) is 8.41. The number of carboxylic acid groups (broad SMARTS) is 1. The van der Waals surface area contributed by atoms with Crippen LogP contribution in [0, 0.1) is 0 Å². The monoisotopic (exact) mass is 486 g/mol. The molecule has 3 aromatic carbocycles. The molecule has 11 nitrogen and oxygen atoms in total. The summed E-state index contributed by atoms with van der Waals surface area (Å²) in [6.45, 7) is 0. The molecule has 0 aliphatic carbocycles. The van der Waals surface area contributed by atoms with Gasteiger partial charge in [0.05, 0.1) is 21.8 Å². The molecule has 0 saturated heterocycles. The van der Waals surface area contributed by atoms with Crippen molar-refractivity contribution in [2.45, 2.75) is 4.90 Å². The van der Waals surface area contributed by atoms with Gasteiger partial charge in [0, 0.05) is 6.07 Å². The Bertz CT molecular complexity index is 1310. The van der Waals surface area contributed by atoms with Crippen LogP contribution in [0.1, 0.15) is 10.4 Å². The third-order valence-corrected chi connectivity index (χ3v) is 4.65. The van der Waals surface area contributed by atoms with Crippen molar-refractivity contribution in [3.63, 3.8) is 0 Å². The zero-order valence-electron chi connectivity index (χ0n) is 17.4. The summed E-state index contributed by atoms with van der Waals surface area (Å²) in [4.78, 5) is 10.7. The number of nitrogens with zero attached hydrogens (tertiary/aromatic N) is 4. The minimum atomic E-state index is -4.67. The molecule has 0 heterocycles. The number of phenols is 1. The Morgan fingerprint density at radius 2 is 1.52 bits per heavy atom. The predicted octanol–water partition coefficient (Wildman–Crippen LogP) is -2.09. The van der Waals surface area contributed by atoms with E-state index in [2.05, 4.69) is 20.5 Å². The van der Waals surface area contributed by atoms with E-state index in [-0.39, 0.29) is 81.7 Å². The summed E-state index contributed by atoms with van der Waals surface area (Å²) >= 11 is 0. The Morgan fingerprint density at radius 3 is 2.15 bits per heavy atom. The molecule has 0 bridgehead atoms. The van der Waals surface area contributed by atoms with Crippen LogP contribution in [0.5, 0.6) is 11.5 Å². The second kappa shape index (κ2) is 12.3. The number of phenolic OH excluding ortho intramolecular Hbond substituents is 1. The fraction of sp³-hybridized carbons (Fsp3) is 0.